The number of ether oxygens (including phenoxy) is 1. The third kappa shape index (κ3) is 1.71. The molecule has 2 heterocycles. The van der Waals surface area contributed by atoms with Crippen LogP contribution in [-0.4, -0.2) is 12.2 Å². The molecule has 0 fully saturated rings. The lowest BCUT2D eigenvalue weighted by molar-refractivity contribution is -0.509. The predicted octanol–water partition coefficient (Wildman–Crippen LogP) is 3.45. The van der Waals surface area contributed by atoms with Crippen LogP contribution in [0, 0.1) is 0 Å². The lowest BCUT2D eigenvalue weighted by Crippen LogP contribution is -2.20. The van der Waals surface area contributed by atoms with Gasteiger partial charge in [-0.25, -0.2) is 0 Å². The third-order valence-electron chi connectivity index (χ3n) is 3.92. The summed E-state index contributed by atoms with van der Waals surface area (Å²) in [4.78, 5) is 0. The molecule has 0 atom stereocenters. The highest BCUT2D eigenvalue weighted by atomic mass is 16.5. The Balaban J connectivity index is 2.20. The number of nitrogens with zero attached hydrogens (tertiary/aromatic N) is 1. The van der Waals surface area contributed by atoms with Gasteiger partial charge >= 0.3 is 0 Å². The van der Waals surface area contributed by atoms with Crippen LogP contribution >= 0.6 is 0 Å². The van der Waals surface area contributed by atoms with Gasteiger partial charge in [-0.3, -0.25) is 0 Å². The monoisotopic (exact) mass is 276 g/mol. The van der Waals surface area contributed by atoms with Crippen molar-refractivity contribution in [2.24, 2.45) is 0 Å². The first kappa shape index (κ1) is 12.0. The van der Waals surface area contributed by atoms with E-state index in [1.807, 2.05) is 47.1 Å². The largest absolute Gasteiger partial charge is 0.507 e. The SMILES string of the molecule is COc1cccc2c1cc[n+]1cc3c(O)cccc3cc21. The van der Waals surface area contributed by atoms with Gasteiger partial charge in [0.2, 0.25) is 5.52 Å². The Kier molecular flexibility index (Phi) is 2.48. The molecule has 1 N–H and O–H groups in total. The molecule has 0 radical (unpaired) electrons. The van der Waals surface area contributed by atoms with Crippen molar-refractivity contribution in [1.29, 1.82) is 0 Å². The fourth-order valence-electron chi connectivity index (χ4n) is 2.88. The molecule has 0 aliphatic rings. The molecule has 0 amide bonds. The van der Waals surface area contributed by atoms with Gasteiger partial charge in [0.25, 0.3) is 0 Å². The summed E-state index contributed by atoms with van der Waals surface area (Å²) in [5.41, 5.74) is 1.09. The number of hydrogen-bond acceptors (Lipinski definition) is 2. The van der Waals surface area contributed by atoms with E-state index in [9.17, 15) is 5.11 Å². The van der Waals surface area contributed by atoms with Crippen LogP contribution in [0.15, 0.2) is 60.9 Å². The summed E-state index contributed by atoms with van der Waals surface area (Å²) in [7, 11) is 1.69. The van der Waals surface area contributed by atoms with Crippen LogP contribution < -0.4 is 9.14 Å². The molecule has 0 spiro atoms. The normalized spacial score (nSPS) is 11.3. The molecule has 4 aromatic rings. The molecule has 0 bridgehead atoms. The van der Waals surface area contributed by atoms with E-state index in [-0.39, 0.29) is 0 Å². The zero-order valence-electron chi connectivity index (χ0n) is 11.6. The van der Waals surface area contributed by atoms with Gasteiger partial charge in [0.1, 0.15) is 11.5 Å². The minimum atomic E-state index is 0.299. The summed E-state index contributed by atoms with van der Waals surface area (Å²) in [5.74, 6) is 1.17. The van der Waals surface area contributed by atoms with Crippen molar-refractivity contribution < 1.29 is 14.2 Å². The summed E-state index contributed by atoms with van der Waals surface area (Å²) in [6.07, 6.45) is 3.95. The first-order valence-electron chi connectivity index (χ1n) is 6.80. The Bertz CT molecular complexity index is 992. The number of aromatic nitrogens is 1. The van der Waals surface area contributed by atoms with Gasteiger partial charge in [-0.1, -0.05) is 18.2 Å². The Morgan fingerprint density at radius 2 is 1.81 bits per heavy atom. The second-order valence-corrected chi connectivity index (χ2v) is 5.08. The number of rotatable bonds is 1. The topological polar surface area (TPSA) is 33.6 Å². The van der Waals surface area contributed by atoms with Gasteiger partial charge in [-0.15, -0.1) is 0 Å². The molecule has 0 unspecified atom stereocenters. The van der Waals surface area contributed by atoms with Crippen molar-refractivity contribution in [2.75, 3.05) is 7.11 Å². The van der Waals surface area contributed by atoms with Gasteiger partial charge in [-0.2, -0.15) is 4.40 Å². The van der Waals surface area contributed by atoms with Crippen molar-refractivity contribution in [1.82, 2.24) is 0 Å². The van der Waals surface area contributed by atoms with Crippen LogP contribution in [0.3, 0.4) is 0 Å². The molecule has 3 heteroatoms. The number of benzene rings is 2. The van der Waals surface area contributed by atoms with Crippen molar-refractivity contribution in [3.8, 4) is 11.5 Å². The minimum absolute atomic E-state index is 0.299. The van der Waals surface area contributed by atoms with Crippen LogP contribution in [0.4, 0.5) is 0 Å². The molecule has 0 aliphatic heterocycles. The molecule has 21 heavy (non-hydrogen) atoms. The molecule has 102 valence electrons. The first-order chi connectivity index (χ1) is 10.3. The van der Waals surface area contributed by atoms with E-state index in [1.165, 1.54) is 0 Å². The minimum Gasteiger partial charge on any atom is -0.507 e. The van der Waals surface area contributed by atoms with E-state index in [0.29, 0.717) is 5.75 Å². The predicted molar refractivity (Wildman–Crippen MR) is 82.8 cm³/mol. The van der Waals surface area contributed by atoms with E-state index >= 15 is 0 Å². The van der Waals surface area contributed by atoms with Crippen molar-refractivity contribution in [3.05, 3.63) is 60.9 Å². The highest BCUT2D eigenvalue weighted by Crippen LogP contribution is 2.29. The third-order valence-corrected chi connectivity index (χ3v) is 3.92. The van der Waals surface area contributed by atoms with E-state index in [2.05, 4.69) is 12.1 Å². The van der Waals surface area contributed by atoms with Crippen LogP contribution in [0.2, 0.25) is 0 Å². The smallest absolute Gasteiger partial charge is 0.219 e. The second-order valence-electron chi connectivity index (χ2n) is 5.08. The Hall–Kier alpha value is -2.81. The van der Waals surface area contributed by atoms with Crippen molar-refractivity contribution >= 4 is 27.1 Å². The zero-order chi connectivity index (χ0) is 14.4. The maximum atomic E-state index is 9.99. The molecule has 0 saturated heterocycles. The summed E-state index contributed by atoms with van der Waals surface area (Å²) in [6, 6.07) is 15.7. The summed E-state index contributed by atoms with van der Waals surface area (Å²) in [5, 5.41) is 14.1. The quantitative estimate of drug-likeness (QED) is 0.328. The zero-order valence-corrected chi connectivity index (χ0v) is 11.6. The molecule has 2 aromatic carbocycles. The first-order valence-corrected chi connectivity index (χ1v) is 6.80. The lowest BCUT2D eigenvalue weighted by atomic mass is 10.1. The van der Waals surface area contributed by atoms with Crippen molar-refractivity contribution in [2.45, 2.75) is 0 Å². The second kappa shape index (κ2) is 4.35. The highest BCUT2D eigenvalue weighted by Gasteiger charge is 2.13. The maximum Gasteiger partial charge on any atom is 0.219 e. The van der Waals surface area contributed by atoms with Crippen LogP contribution in [0.1, 0.15) is 0 Å². The number of phenols is 1. The van der Waals surface area contributed by atoms with Gasteiger partial charge in [0.05, 0.1) is 17.9 Å². The van der Waals surface area contributed by atoms with Crippen molar-refractivity contribution in [3.63, 3.8) is 0 Å². The summed E-state index contributed by atoms with van der Waals surface area (Å²) >= 11 is 0. The molecule has 2 aromatic heterocycles. The fraction of sp³-hybridized carbons (Fsp3) is 0.0556. The number of hydrogen-bond donors (Lipinski definition) is 1. The molecule has 3 nitrogen and oxygen atoms in total. The Morgan fingerprint density at radius 1 is 0.952 bits per heavy atom. The van der Waals surface area contributed by atoms with E-state index in [4.69, 9.17) is 4.74 Å². The Labute approximate surface area is 121 Å². The number of aromatic hydroxyl groups is 1. The summed E-state index contributed by atoms with van der Waals surface area (Å²) < 4.78 is 7.47. The molecule has 0 saturated carbocycles. The maximum absolute atomic E-state index is 9.99. The number of methoxy groups -OCH3 is 1. The number of pyridine rings is 2. The number of phenolic OH excluding ortho intramolecular Hbond substituents is 1. The van der Waals surface area contributed by atoms with Crippen LogP contribution in [-0.2, 0) is 0 Å². The van der Waals surface area contributed by atoms with Gasteiger partial charge < -0.3 is 9.84 Å². The highest BCUT2D eigenvalue weighted by molar-refractivity contribution is 6.00. The average Bonchev–Trinajstić information content (AvgIpc) is 2.53. The fourth-order valence-corrected chi connectivity index (χ4v) is 2.88. The average molecular weight is 276 g/mol. The molecule has 4 rings (SSSR count). The van der Waals surface area contributed by atoms with Gasteiger partial charge in [0.15, 0.2) is 12.4 Å². The van der Waals surface area contributed by atoms with Gasteiger partial charge in [-0.05, 0) is 23.6 Å². The van der Waals surface area contributed by atoms with Crippen LogP contribution in [0.25, 0.3) is 27.1 Å². The molecular weight excluding hydrogens is 262 g/mol. The van der Waals surface area contributed by atoms with Crippen LogP contribution in [0.5, 0.6) is 11.5 Å². The van der Waals surface area contributed by atoms with E-state index in [0.717, 1.165) is 32.8 Å². The van der Waals surface area contributed by atoms with E-state index in [1.54, 1.807) is 13.2 Å². The van der Waals surface area contributed by atoms with Gasteiger partial charge in [0, 0.05) is 17.5 Å². The molecule has 0 aliphatic carbocycles. The summed E-state index contributed by atoms with van der Waals surface area (Å²) in [6.45, 7) is 0. The number of fused-ring (bicyclic) bond motifs is 4. The molecular formula is C18H14NO2+. The Morgan fingerprint density at radius 3 is 2.67 bits per heavy atom. The van der Waals surface area contributed by atoms with E-state index < -0.39 is 0 Å². The standard InChI is InChI=1S/C18H13NO2/c1-21-18-7-3-5-13-14(18)8-9-19-11-15-12(10-16(13)19)4-2-6-17(15)20/h2-11H,1H3/p+1. The lowest BCUT2D eigenvalue weighted by Gasteiger charge is -2.05.